The predicted octanol–water partition coefficient (Wildman–Crippen LogP) is 3.38. The summed E-state index contributed by atoms with van der Waals surface area (Å²) in [6.07, 6.45) is 0. The number of anilines is 1. The third-order valence-corrected chi connectivity index (χ3v) is 3.46. The number of amides is 1. The van der Waals surface area contributed by atoms with Crippen molar-refractivity contribution in [3.05, 3.63) is 65.2 Å². The lowest BCUT2D eigenvalue weighted by Crippen LogP contribution is -2.30. The zero-order chi connectivity index (χ0) is 15.6. The van der Waals surface area contributed by atoms with E-state index in [2.05, 4.69) is 0 Å². The van der Waals surface area contributed by atoms with Crippen molar-refractivity contribution >= 4 is 11.6 Å². The molecule has 0 aliphatic rings. The van der Waals surface area contributed by atoms with E-state index in [1.54, 1.807) is 25.2 Å². The molecule has 0 heterocycles. The number of nitrogen functional groups attached to an aromatic ring is 1. The molecule has 0 saturated heterocycles. The lowest BCUT2D eigenvalue weighted by Gasteiger charge is -2.25. The number of rotatable bonds is 3. The van der Waals surface area contributed by atoms with Gasteiger partial charge in [-0.3, -0.25) is 4.79 Å². The zero-order valence-corrected chi connectivity index (χ0v) is 11.8. The van der Waals surface area contributed by atoms with Crippen LogP contribution in [0.2, 0.25) is 0 Å². The molecule has 0 bridgehead atoms. The number of hydrogen-bond acceptors (Lipinski definition) is 2. The standard InChI is InChI=1S/C16H16F2N2O/c1-10(11-4-3-5-13(19)8-11)20(2)16(21)14-7-6-12(17)9-15(14)18/h3-10H,19H2,1-2H3. The molecule has 0 radical (unpaired) electrons. The first-order valence-electron chi connectivity index (χ1n) is 6.48. The average Bonchev–Trinajstić information content (AvgIpc) is 2.45. The fourth-order valence-corrected chi connectivity index (χ4v) is 2.07. The van der Waals surface area contributed by atoms with Crippen molar-refractivity contribution in [2.45, 2.75) is 13.0 Å². The van der Waals surface area contributed by atoms with Crippen LogP contribution in [0.25, 0.3) is 0 Å². The lowest BCUT2D eigenvalue weighted by molar-refractivity contribution is 0.0738. The molecule has 1 amide bonds. The monoisotopic (exact) mass is 290 g/mol. The molecule has 5 heteroatoms. The van der Waals surface area contributed by atoms with Crippen molar-refractivity contribution < 1.29 is 13.6 Å². The van der Waals surface area contributed by atoms with E-state index in [4.69, 9.17) is 5.73 Å². The van der Waals surface area contributed by atoms with Gasteiger partial charge >= 0.3 is 0 Å². The van der Waals surface area contributed by atoms with E-state index in [0.29, 0.717) is 11.8 Å². The highest BCUT2D eigenvalue weighted by Gasteiger charge is 2.21. The zero-order valence-electron chi connectivity index (χ0n) is 11.8. The number of carbonyl (C=O) groups is 1. The van der Waals surface area contributed by atoms with Gasteiger partial charge in [0.1, 0.15) is 11.6 Å². The van der Waals surface area contributed by atoms with E-state index in [9.17, 15) is 13.6 Å². The summed E-state index contributed by atoms with van der Waals surface area (Å²) in [4.78, 5) is 13.7. The van der Waals surface area contributed by atoms with Crippen LogP contribution in [0, 0.1) is 11.6 Å². The Balaban J connectivity index is 2.26. The Morgan fingerprint density at radius 1 is 1.19 bits per heavy atom. The van der Waals surface area contributed by atoms with Gasteiger partial charge in [-0.2, -0.15) is 0 Å². The molecule has 2 aromatic rings. The van der Waals surface area contributed by atoms with Crippen molar-refractivity contribution in [1.29, 1.82) is 0 Å². The quantitative estimate of drug-likeness (QED) is 0.881. The van der Waals surface area contributed by atoms with Gasteiger partial charge in [0.2, 0.25) is 0 Å². The van der Waals surface area contributed by atoms with Gasteiger partial charge in [-0.25, -0.2) is 8.78 Å². The molecule has 0 aliphatic carbocycles. The number of benzene rings is 2. The molecule has 2 N–H and O–H groups in total. The number of nitrogens with two attached hydrogens (primary N) is 1. The summed E-state index contributed by atoms with van der Waals surface area (Å²) in [7, 11) is 1.57. The van der Waals surface area contributed by atoms with E-state index in [-0.39, 0.29) is 11.6 Å². The van der Waals surface area contributed by atoms with Crippen molar-refractivity contribution in [2.75, 3.05) is 12.8 Å². The Bertz CT molecular complexity index is 673. The Kier molecular flexibility index (Phi) is 4.21. The third-order valence-electron chi connectivity index (χ3n) is 3.46. The minimum Gasteiger partial charge on any atom is -0.399 e. The first-order valence-corrected chi connectivity index (χ1v) is 6.48. The van der Waals surface area contributed by atoms with Gasteiger partial charge in [-0.05, 0) is 36.8 Å². The van der Waals surface area contributed by atoms with E-state index >= 15 is 0 Å². The summed E-state index contributed by atoms with van der Waals surface area (Å²) in [5.41, 5.74) is 6.99. The topological polar surface area (TPSA) is 46.3 Å². The Labute approximate surface area is 122 Å². The van der Waals surface area contributed by atoms with Crippen LogP contribution < -0.4 is 5.73 Å². The van der Waals surface area contributed by atoms with Gasteiger partial charge in [0.15, 0.2) is 0 Å². The number of halogens is 2. The van der Waals surface area contributed by atoms with Crippen LogP contribution in [-0.2, 0) is 0 Å². The highest BCUT2D eigenvalue weighted by Crippen LogP contribution is 2.23. The summed E-state index contributed by atoms with van der Waals surface area (Å²) in [6, 6.07) is 9.76. The van der Waals surface area contributed by atoms with Gasteiger partial charge in [-0.15, -0.1) is 0 Å². The molecule has 2 aromatic carbocycles. The Morgan fingerprint density at radius 3 is 2.52 bits per heavy atom. The van der Waals surface area contributed by atoms with Gasteiger partial charge < -0.3 is 10.6 Å². The van der Waals surface area contributed by atoms with Crippen LogP contribution in [0.4, 0.5) is 14.5 Å². The van der Waals surface area contributed by atoms with Crippen molar-refractivity contribution in [2.24, 2.45) is 0 Å². The lowest BCUT2D eigenvalue weighted by atomic mass is 10.1. The van der Waals surface area contributed by atoms with Gasteiger partial charge in [0.25, 0.3) is 5.91 Å². The van der Waals surface area contributed by atoms with E-state index in [1.807, 2.05) is 13.0 Å². The molecular weight excluding hydrogens is 274 g/mol. The number of carbonyl (C=O) groups excluding carboxylic acids is 1. The molecule has 0 aromatic heterocycles. The van der Waals surface area contributed by atoms with E-state index in [1.165, 1.54) is 4.90 Å². The Hall–Kier alpha value is -2.43. The van der Waals surface area contributed by atoms with Crippen molar-refractivity contribution in [1.82, 2.24) is 4.90 Å². The second-order valence-electron chi connectivity index (χ2n) is 4.89. The normalized spacial score (nSPS) is 12.0. The van der Waals surface area contributed by atoms with E-state index < -0.39 is 17.5 Å². The molecule has 1 unspecified atom stereocenters. The molecule has 21 heavy (non-hydrogen) atoms. The third kappa shape index (κ3) is 3.18. The maximum absolute atomic E-state index is 13.7. The fourth-order valence-electron chi connectivity index (χ4n) is 2.07. The molecular formula is C16H16F2N2O. The first kappa shape index (κ1) is 15.0. The van der Waals surface area contributed by atoms with Crippen LogP contribution in [0.15, 0.2) is 42.5 Å². The smallest absolute Gasteiger partial charge is 0.257 e. The summed E-state index contributed by atoms with van der Waals surface area (Å²) in [5.74, 6) is -2.09. The maximum atomic E-state index is 13.7. The largest absolute Gasteiger partial charge is 0.399 e. The molecule has 110 valence electrons. The van der Waals surface area contributed by atoms with Crippen molar-refractivity contribution in [3.8, 4) is 0 Å². The van der Waals surface area contributed by atoms with Gasteiger partial charge in [0, 0.05) is 18.8 Å². The second-order valence-corrected chi connectivity index (χ2v) is 4.89. The first-order chi connectivity index (χ1) is 9.90. The highest BCUT2D eigenvalue weighted by molar-refractivity contribution is 5.94. The van der Waals surface area contributed by atoms with Gasteiger partial charge in [0.05, 0.1) is 11.6 Å². The molecule has 0 aliphatic heterocycles. The molecule has 1 atom stereocenters. The maximum Gasteiger partial charge on any atom is 0.257 e. The second kappa shape index (κ2) is 5.91. The minimum absolute atomic E-state index is 0.158. The summed E-state index contributed by atoms with van der Waals surface area (Å²) in [5, 5.41) is 0. The van der Waals surface area contributed by atoms with Crippen LogP contribution in [0.5, 0.6) is 0 Å². The van der Waals surface area contributed by atoms with Crippen molar-refractivity contribution in [3.63, 3.8) is 0 Å². The summed E-state index contributed by atoms with van der Waals surface area (Å²) < 4.78 is 26.6. The number of nitrogens with zero attached hydrogens (tertiary/aromatic N) is 1. The van der Waals surface area contributed by atoms with Crippen LogP contribution in [0.1, 0.15) is 28.9 Å². The Morgan fingerprint density at radius 2 is 1.90 bits per heavy atom. The molecule has 0 fully saturated rings. The highest BCUT2D eigenvalue weighted by atomic mass is 19.1. The SMILES string of the molecule is CC(c1cccc(N)c1)N(C)C(=O)c1ccc(F)cc1F. The summed E-state index contributed by atoms with van der Waals surface area (Å²) in [6.45, 7) is 1.81. The minimum atomic E-state index is -0.869. The average molecular weight is 290 g/mol. The number of hydrogen-bond donors (Lipinski definition) is 1. The van der Waals surface area contributed by atoms with E-state index in [0.717, 1.165) is 17.7 Å². The molecule has 0 saturated carbocycles. The molecule has 3 nitrogen and oxygen atoms in total. The molecule has 2 rings (SSSR count). The summed E-state index contributed by atoms with van der Waals surface area (Å²) >= 11 is 0. The van der Waals surface area contributed by atoms with Gasteiger partial charge in [-0.1, -0.05) is 12.1 Å². The van der Waals surface area contributed by atoms with Crippen LogP contribution in [0.3, 0.4) is 0 Å². The van der Waals surface area contributed by atoms with Crippen LogP contribution in [-0.4, -0.2) is 17.9 Å². The molecule has 0 spiro atoms. The predicted molar refractivity (Wildman–Crippen MR) is 77.7 cm³/mol. The van der Waals surface area contributed by atoms with Crippen LogP contribution >= 0.6 is 0 Å². The fraction of sp³-hybridized carbons (Fsp3) is 0.188.